The Labute approximate surface area is 214 Å². The van der Waals surface area contributed by atoms with Crippen molar-refractivity contribution in [1.82, 2.24) is 4.90 Å². The van der Waals surface area contributed by atoms with E-state index in [9.17, 15) is 9.59 Å². The molecule has 1 saturated heterocycles. The van der Waals surface area contributed by atoms with E-state index in [-0.39, 0.29) is 6.03 Å². The van der Waals surface area contributed by atoms with Gasteiger partial charge in [0.1, 0.15) is 0 Å². The number of benzene rings is 3. The number of primary amides is 1. The van der Waals surface area contributed by atoms with Crippen molar-refractivity contribution in [3.8, 4) is 11.1 Å². The molecule has 0 radical (unpaired) electrons. The summed E-state index contributed by atoms with van der Waals surface area (Å²) in [6, 6.07) is 19.0. The molecule has 3 aromatic rings. The number of carbonyl (C=O) groups excluding carboxylic acids is 2. The smallest absolute Gasteiger partial charge is 0.326 e. The molecule has 9 heteroatoms. The van der Waals surface area contributed by atoms with Crippen molar-refractivity contribution >= 4 is 46.5 Å². The normalized spacial score (nSPS) is 13.9. The maximum absolute atomic E-state index is 13.4. The average Bonchev–Trinajstić information content (AvgIpc) is 2.86. The summed E-state index contributed by atoms with van der Waals surface area (Å²) >= 11 is 12.4. The Balaban J connectivity index is 1.68. The second-order valence-corrected chi connectivity index (χ2v) is 8.96. The number of rotatable bonds is 7. The van der Waals surface area contributed by atoms with Crippen molar-refractivity contribution in [3.05, 3.63) is 82.3 Å². The van der Waals surface area contributed by atoms with Crippen LogP contribution in [-0.2, 0) is 4.74 Å². The molecule has 0 bridgehead atoms. The van der Waals surface area contributed by atoms with Gasteiger partial charge in [0.25, 0.3) is 0 Å². The van der Waals surface area contributed by atoms with E-state index in [1.165, 1.54) is 0 Å². The molecule has 182 valence electrons. The molecule has 0 unspecified atom stereocenters. The number of halogens is 2. The van der Waals surface area contributed by atoms with Crippen molar-refractivity contribution in [1.29, 1.82) is 0 Å². The first kappa shape index (κ1) is 25.0. The fourth-order valence-electron chi connectivity index (χ4n) is 3.96. The first-order valence-electron chi connectivity index (χ1n) is 11.3. The number of amides is 3. The zero-order valence-electron chi connectivity index (χ0n) is 19.0. The van der Waals surface area contributed by atoms with Crippen molar-refractivity contribution in [2.75, 3.05) is 49.6 Å². The van der Waals surface area contributed by atoms with Gasteiger partial charge in [-0.05, 0) is 54.1 Å². The number of nitrogens with two attached hydrogens (primary N) is 1. The van der Waals surface area contributed by atoms with Gasteiger partial charge in [-0.1, -0.05) is 41.4 Å². The third-order valence-corrected chi connectivity index (χ3v) is 6.41. The number of hydrogen-bond donors (Lipinski definition) is 2. The first-order chi connectivity index (χ1) is 16.9. The van der Waals surface area contributed by atoms with Gasteiger partial charge >= 0.3 is 6.03 Å². The highest BCUT2D eigenvalue weighted by Crippen LogP contribution is 2.33. The molecule has 0 aliphatic carbocycles. The summed E-state index contributed by atoms with van der Waals surface area (Å²) in [5.74, 6) is -0.572. The average molecular weight is 513 g/mol. The Bertz CT molecular complexity index is 1200. The summed E-state index contributed by atoms with van der Waals surface area (Å²) in [6.45, 7) is 4.03. The molecular weight excluding hydrogens is 487 g/mol. The van der Waals surface area contributed by atoms with E-state index < -0.39 is 5.91 Å². The Morgan fingerprint density at radius 3 is 2.37 bits per heavy atom. The van der Waals surface area contributed by atoms with E-state index in [1.54, 1.807) is 53.4 Å². The minimum absolute atomic E-state index is 0.308. The number of anilines is 2. The molecule has 3 aromatic carbocycles. The summed E-state index contributed by atoms with van der Waals surface area (Å²) in [4.78, 5) is 29.5. The topological polar surface area (TPSA) is 87.9 Å². The van der Waals surface area contributed by atoms with Crippen LogP contribution in [0.3, 0.4) is 0 Å². The molecule has 0 spiro atoms. The number of nitrogens with zero attached hydrogens (tertiary/aromatic N) is 2. The number of ether oxygens (including phenoxy) is 1. The van der Waals surface area contributed by atoms with E-state index in [4.69, 9.17) is 33.7 Å². The SMILES string of the molecule is NC(=O)c1ccc(N(CCN2CCOCC2)C(=O)Nc2ccc(Cl)cc2)cc1-c1ccccc1Cl. The number of carbonyl (C=O) groups is 2. The van der Waals surface area contributed by atoms with Gasteiger partial charge in [0, 0.05) is 58.7 Å². The summed E-state index contributed by atoms with van der Waals surface area (Å²) in [5.41, 5.74) is 8.45. The number of morpholine rings is 1. The van der Waals surface area contributed by atoms with Crippen LogP contribution in [0.25, 0.3) is 11.1 Å². The van der Waals surface area contributed by atoms with Gasteiger partial charge in [-0.2, -0.15) is 0 Å². The Morgan fingerprint density at radius 1 is 0.971 bits per heavy atom. The molecule has 35 heavy (non-hydrogen) atoms. The van der Waals surface area contributed by atoms with Crippen LogP contribution in [0.4, 0.5) is 16.2 Å². The fraction of sp³-hybridized carbons (Fsp3) is 0.231. The summed E-state index contributed by atoms with van der Waals surface area (Å²) in [5, 5.41) is 4.00. The Kier molecular flexibility index (Phi) is 8.25. The third kappa shape index (κ3) is 6.32. The monoisotopic (exact) mass is 512 g/mol. The molecule has 1 aliphatic rings. The highest BCUT2D eigenvalue weighted by molar-refractivity contribution is 6.33. The van der Waals surface area contributed by atoms with E-state index in [1.807, 2.05) is 18.2 Å². The molecule has 1 aliphatic heterocycles. The lowest BCUT2D eigenvalue weighted by Gasteiger charge is -2.30. The molecule has 1 heterocycles. The Hall–Kier alpha value is -3.10. The molecule has 4 rings (SSSR count). The van der Waals surface area contributed by atoms with Crippen LogP contribution in [0.5, 0.6) is 0 Å². The van der Waals surface area contributed by atoms with Gasteiger partial charge in [-0.3, -0.25) is 14.6 Å². The lowest BCUT2D eigenvalue weighted by molar-refractivity contribution is 0.0393. The number of nitrogens with one attached hydrogen (secondary N) is 1. The predicted molar refractivity (Wildman–Crippen MR) is 140 cm³/mol. The van der Waals surface area contributed by atoms with Gasteiger partial charge < -0.3 is 15.8 Å². The zero-order valence-corrected chi connectivity index (χ0v) is 20.6. The second kappa shape index (κ2) is 11.6. The molecule has 0 saturated carbocycles. The van der Waals surface area contributed by atoms with Crippen molar-refractivity contribution < 1.29 is 14.3 Å². The molecule has 3 N–H and O–H groups in total. The van der Waals surface area contributed by atoms with E-state index in [0.717, 1.165) is 13.1 Å². The lowest BCUT2D eigenvalue weighted by Crippen LogP contribution is -2.44. The highest BCUT2D eigenvalue weighted by atomic mass is 35.5. The standard InChI is InChI=1S/C26H26Cl2N4O3/c27-18-5-7-19(8-6-18)30-26(34)32(12-11-31-13-15-35-16-14-31)20-9-10-22(25(29)33)23(17-20)21-3-1-2-4-24(21)28/h1-10,17H,11-16H2,(H2,29,33)(H,30,34). The van der Waals surface area contributed by atoms with E-state index in [2.05, 4.69) is 10.2 Å². The zero-order chi connectivity index (χ0) is 24.8. The minimum Gasteiger partial charge on any atom is -0.379 e. The van der Waals surface area contributed by atoms with Crippen LogP contribution in [0.2, 0.25) is 10.0 Å². The summed E-state index contributed by atoms with van der Waals surface area (Å²) < 4.78 is 5.44. The number of hydrogen-bond acceptors (Lipinski definition) is 4. The van der Waals surface area contributed by atoms with Crippen LogP contribution in [0.15, 0.2) is 66.7 Å². The van der Waals surface area contributed by atoms with Crippen LogP contribution in [-0.4, -0.2) is 56.2 Å². The number of urea groups is 1. The van der Waals surface area contributed by atoms with Crippen LogP contribution in [0.1, 0.15) is 10.4 Å². The van der Waals surface area contributed by atoms with Crippen molar-refractivity contribution in [2.45, 2.75) is 0 Å². The maximum Gasteiger partial charge on any atom is 0.326 e. The summed E-state index contributed by atoms with van der Waals surface area (Å²) in [6.07, 6.45) is 0. The molecule has 0 aromatic heterocycles. The fourth-order valence-corrected chi connectivity index (χ4v) is 4.32. The van der Waals surface area contributed by atoms with Crippen LogP contribution in [0, 0.1) is 0 Å². The largest absolute Gasteiger partial charge is 0.379 e. The molecule has 0 atom stereocenters. The maximum atomic E-state index is 13.4. The van der Waals surface area contributed by atoms with Crippen molar-refractivity contribution in [3.63, 3.8) is 0 Å². The summed E-state index contributed by atoms with van der Waals surface area (Å²) in [7, 11) is 0. The first-order valence-corrected chi connectivity index (χ1v) is 12.0. The second-order valence-electron chi connectivity index (χ2n) is 8.12. The highest BCUT2D eigenvalue weighted by Gasteiger charge is 2.21. The van der Waals surface area contributed by atoms with Gasteiger partial charge in [0.15, 0.2) is 0 Å². The lowest BCUT2D eigenvalue weighted by atomic mass is 9.98. The van der Waals surface area contributed by atoms with Crippen molar-refractivity contribution in [2.24, 2.45) is 5.73 Å². The minimum atomic E-state index is -0.572. The third-order valence-electron chi connectivity index (χ3n) is 5.83. The van der Waals surface area contributed by atoms with Gasteiger partial charge in [0.05, 0.1) is 13.2 Å². The van der Waals surface area contributed by atoms with Gasteiger partial charge in [-0.15, -0.1) is 0 Å². The quantitative estimate of drug-likeness (QED) is 0.459. The van der Waals surface area contributed by atoms with Gasteiger partial charge in [-0.25, -0.2) is 4.79 Å². The van der Waals surface area contributed by atoms with Crippen LogP contribution >= 0.6 is 23.2 Å². The molecule has 1 fully saturated rings. The van der Waals surface area contributed by atoms with Gasteiger partial charge in [0.2, 0.25) is 5.91 Å². The molecule has 3 amide bonds. The molecule has 7 nitrogen and oxygen atoms in total. The van der Waals surface area contributed by atoms with Crippen LogP contribution < -0.4 is 16.0 Å². The Morgan fingerprint density at radius 2 is 1.69 bits per heavy atom. The van der Waals surface area contributed by atoms with E-state index in [0.29, 0.717) is 64.4 Å². The molecular formula is C26H26Cl2N4O3. The van der Waals surface area contributed by atoms with E-state index >= 15 is 0 Å². The predicted octanol–water partition coefficient (Wildman–Crippen LogP) is 5.13.